The van der Waals surface area contributed by atoms with Crippen LogP contribution in [0.5, 0.6) is 5.88 Å². The number of fused-ring (bicyclic) bond motifs is 1. The van der Waals surface area contributed by atoms with Crippen molar-refractivity contribution in [2.75, 3.05) is 19.7 Å². The lowest BCUT2D eigenvalue weighted by Gasteiger charge is -2.16. The summed E-state index contributed by atoms with van der Waals surface area (Å²) in [6.07, 6.45) is 2.96. The lowest BCUT2D eigenvalue weighted by atomic mass is 10.1. The summed E-state index contributed by atoms with van der Waals surface area (Å²) in [6.45, 7) is 4.50. The second-order valence-electron chi connectivity index (χ2n) is 7.76. The van der Waals surface area contributed by atoms with Crippen LogP contribution in [0.15, 0.2) is 21.6 Å². The van der Waals surface area contributed by atoms with Crippen LogP contribution in [0.3, 0.4) is 0 Å². The number of hydrogen-bond donors (Lipinski definition) is 0. The van der Waals surface area contributed by atoms with E-state index in [9.17, 15) is 8.42 Å². The Bertz CT molecular complexity index is 1150. The molecular formula is C18H22N6O4S. The molecule has 11 heteroatoms. The van der Waals surface area contributed by atoms with E-state index in [1.807, 2.05) is 6.07 Å². The second-order valence-corrected chi connectivity index (χ2v) is 9.63. The molecule has 1 unspecified atom stereocenters. The van der Waals surface area contributed by atoms with Crippen molar-refractivity contribution in [3.63, 3.8) is 0 Å². The van der Waals surface area contributed by atoms with Crippen LogP contribution in [0.4, 0.5) is 0 Å². The number of aromatic nitrogens is 5. The van der Waals surface area contributed by atoms with Gasteiger partial charge in [-0.2, -0.15) is 8.82 Å². The van der Waals surface area contributed by atoms with Crippen molar-refractivity contribution in [2.24, 2.45) is 5.92 Å². The first kappa shape index (κ1) is 18.5. The van der Waals surface area contributed by atoms with E-state index in [0.29, 0.717) is 48.6 Å². The predicted molar refractivity (Wildman–Crippen MR) is 101 cm³/mol. The third-order valence-corrected chi connectivity index (χ3v) is 7.60. The Morgan fingerprint density at radius 2 is 2.03 bits per heavy atom. The Morgan fingerprint density at radius 1 is 1.21 bits per heavy atom. The topological polar surface area (TPSA) is 116 Å². The molecule has 0 N–H and O–H groups in total. The van der Waals surface area contributed by atoms with Crippen LogP contribution in [0.2, 0.25) is 0 Å². The minimum Gasteiger partial charge on any atom is -0.476 e. The molecular weight excluding hydrogens is 396 g/mol. The zero-order chi connectivity index (χ0) is 20.2. The minimum atomic E-state index is -3.62. The number of rotatable bonds is 6. The largest absolute Gasteiger partial charge is 0.476 e. The summed E-state index contributed by atoms with van der Waals surface area (Å²) < 4.78 is 40.0. The van der Waals surface area contributed by atoms with Crippen molar-refractivity contribution in [2.45, 2.75) is 43.9 Å². The lowest BCUT2D eigenvalue weighted by Crippen LogP contribution is -2.30. The third kappa shape index (κ3) is 3.27. The molecule has 1 aliphatic carbocycles. The second kappa shape index (κ2) is 6.77. The highest BCUT2D eigenvalue weighted by Gasteiger charge is 2.36. The molecule has 0 bridgehead atoms. The van der Waals surface area contributed by atoms with E-state index in [1.54, 1.807) is 24.4 Å². The fourth-order valence-corrected chi connectivity index (χ4v) is 5.61. The molecule has 3 aromatic rings. The van der Waals surface area contributed by atoms with Gasteiger partial charge in [-0.05, 0) is 39.2 Å². The molecule has 0 aromatic carbocycles. The van der Waals surface area contributed by atoms with Gasteiger partial charge in [0.25, 0.3) is 0 Å². The van der Waals surface area contributed by atoms with E-state index in [0.717, 1.165) is 25.1 Å². The number of sulfonamides is 1. The molecule has 0 spiro atoms. The van der Waals surface area contributed by atoms with Crippen LogP contribution in [-0.2, 0) is 10.0 Å². The molecule has 1 saturated carbocycles. The van der Waals surface area contributed by atoms with Crippen molar-refractivity contribution in [1.82, 2.24) is 29.3 Å². The van der Waals surface area contributed by atoms with E-state index in [4.69, 9.17) is 9.26 Å². The highest BCUT2D eigenvalue weighted by atomic mass is 32.2. The summed E-state index contributed by atoms with van der Waals surface area (Å²) in [4.78, 5) is 0.173. The number of nitrogens with zero attached hydrogens (tertiary/aromatic N) is 6. The number of ether oxygens (including phenoxy) is 1. The van der Waals surface area contributed by atoms with Crippen LogP contribution in [0, 0.1) is 19.8 Å². The molecule has 1 saturated heterocycles. The van der Waals surface area contributed by atoms with E-state index in [-0.39, 0.29) is 10.8 Å². The summed E-state index contributed by atoms with van der Waals surface area (Å²) in [7, 11) is -3.62. The van der Waals surface area contributed by atoms with Crippen molar-refractivity contribution >= 4 is 15.7 Å². The highest BCUT2D eigenvalue weighted by Crippen LogP contribution is 2.38. The summed E-state index contributed by atoms with van der Waals surface area (Å²) in [5, 5.41) is 16.6. The Kier molecular flexibility index (Phi) is 4.32. The first-order chi connectivity index (χ1) is 13.9. The van der Waals surface area contributed by atoms with Crippen LogP contribution < -0.4 is 4.74 Å². The van der Waals surface area contributed by atoms with Gasteiger partial charge < -0.3 is 9.26 Å². The maximum Gasteiger partial charge on any atom is 0.248 e. The van der Waals surface area contributed by atoms with Crippen molar-refractivity contribution < 1.29 is 17.7 Å². The summed E-state index contributed by atoms with van der Waals surface area (Å²) in [5.74, 6) is 2.21. The molecule has 4 heterocycles. The molecule has 29 heavy (non-hydrogen) atoms. The van der Waals surface area contributed by atoms with Gasteiger partial charge in [-0.15, -0.1) is 15.3 Å². The summed E-state index contributed by atoms with van der Waals surface area (Å²) >= 11 is 0. The van der Waals surface area contributed by atoms with Gasteiger partial charge in [0.15, 0.2) is 17.2 Å². The van der Waals surface area contributed by atoms with Crippen molar-refractivity contribution in [1.29, 1.82) is 0 Å². The predicted octanol–water partition coefficient (Wildman–Crippen LogP) is 1.70. The Balaban J connectivity index is 1.26. The van der Waals surface area contributed by atoms with Gasteiger partial charge in [-0.3, -0.25) is 0 Å². The van der Waals surface area contributed by atoms with Gasteiger partial charge >= 0.3 is 0 Å². The molecule has 1 aliphatic heterocycles. The normalized spacial score (nSPS) is 20.6. The third-order valence-electron chi connectivity index (χ3n) is 5.49. The first-order valence-electron chi connectivity index (χ1n) is 9.71. The Labute approximate surface area is 167 Å². The summed E-state index contributed by atoms with van der Waals surface area (Å²) in [5.41, 5.74) is 1.09. The SMILES string of the molecule is Cc1noc(C)c1S(=O)(=O)N1CCC(COc2ccc3nnc(C4CC4)n3n2)C1. The van der Waals surface area contributed by atoms with Crippen LogP contribution in [-0.4, -0.2) is 57.4 Å². The fourth-order valence-electron chi connectivity index (χ4n) is 3.79. The van der Waals surface area contributed by atoms with Gasteiger partial charge in [0.2, 0.25) is 15.9 Å². The molecule has 0 radical (unpaired) electrons. The zero-order valence-corrected chi connectivity index (χ0v) is 17.1. The highest BCUT2D eigenvalue weighted by molar-refractivity contribution is 7.89. The smallest absolute Gasteiger partial charge is 0.248 e. The molecule has 0 amide bonds. The fraction of sp³-hybridized carbons (Fsp3) is 0.556. The quantitative estimate of drug-likeness (QED) is 0.594. The van der Waals surface area contributed by atoms with Gasteiger partial charge in [-0.25, -0.2) is 8.42 Å². The monoisotopic (exact) mass is 418 g/mol. The standard InChI is InChI=1S/C18H22N6O4S/c1-11-17(12(2)28-22-11)29(25,26)23-8-7-13(9-23)10-27-16-6-5-15-19-20-18(14-3-4-14)24(15)21-16/h5-6,13-14H,3-4,7-10H2,1-2H3. The van der Waals surface area contributed by atoms with Crippen molar-refractivity contribution in [3.05, 3.63) is 29.4 Å². The summed E-state index contributed by atoms with van der Waals surface area (Å²) in [6, 6.07) is 3.61. The van der Waals surface area contributed by atoms with Crippen LogP contribution in [0.1, 0.15) is 42.5 Å². The molecule has 2 aliphatic rings. The van der Waals surface area contributed by atoms with E-state index < -0.39 is 10.0 Å². The van der Waals surface area contributed by atoms with Gasteiger partial charge in [0.1, 0.15) is 10.6 Å². The lowest BCUT2D eigenvalue weighted by molar-refractivity contribution is 0.243. The Morgan fingerprint density at radius 3 is 2.76 bits per heavy atom. The molecule has 2 fully saturated rings. The Hall–Kier alpha value is -2.53. The average molecular weight is 418 g/mol. The first-order valence-corrected chi connectivity index (χ1v) is 11.2. The molecule has 1 atom stereocenters. The minimum absolute atomic E-state index is 0.0894. The van der Waals surface area contributed by atoms with E-state index >= 15 is 0 Å². The molecule has 5 rings (SSSR count). The van der Waals surface area contributed by atoms with Gasteiger partial charge in [-0.1, -0.05) is 5.16 Å². The van der Waals surface area contributed by atoms with Crippen molar-refractivity contribution in [3.8, 4) is 5.88 Å². The van der Waals surface area contributed by atoms with Crippen LogP contribution >= 0.6 is 0 Å². The maximum atomic E-state index is 12.9. The van der Waals surface area contributed by atoms with Gasteiger partial charge in [0, 0.05) is 31.0 Å². The van der Waals surface area contributed by atoms with Gasteiger partial charge in [0.05, 0.1) is 6.61 Å². The van der Waals surface area contributed by atoms with E-state index in [2.05, 4.69) is 20.5 Å². The molecule has 3 aromatic heterocycles. The maximum absolute atomic E-state index is 12.9. The molecule has 154 valence electrons. The number of hydrogen-bond acceptors (Lipinski definition) is 8. The van der Waals surface area contributed by atoms with E-state index in [1.165, 1.54) is 4.31 Å². The average Bonchev–Trinajstić information content (AvgIpc) is 3.12. The number of aryl methyl sites for hydroxylation is 2. The van der Waals surface area contributed by atoms with Crippen LogP contribution in [0.25, 0.3) is 5.65 Å². The molecule has 10 nitrogen and oxygen atoms in total. The zero-order valence-electron chi connectivity index (χ0n) is 16.3.